The summed E-state index contributed by atoms with van der Waals surface area (Å²) in [6.07, 6.45) is 2.86. The maximum atomic E-state index is 12.2. The Morgan fingerprint density at radius 1 is 1.29 bits per heavy atom. The van der Waals surface area contributed by atoms with E-state index in [9.17, 15) is 8.42 Å². The van der Waals surface area contributed by atoms with E-state index in [0.29, 0.717) is 5.56 Å². The highest BCUT2D eigenvalue weighted by molar-refractivity contribution is 7.92. The number of hydrogen-bond donors (Lipinski definition) is 2. The Hall–Kier alpha value is -2.14. The van der Waals surface area contributed by atoms with Gasteiger partial charge in [0, 0.05) is 18.0 Å². The third-order valence-electron chi connectivity index (χ3n) is 2.35. The van der Waals surface area contributed by atoms with E-state index < -0.39 is 10.0 Å². The van der Waals surface area contributed by atoms with E-state index in [-0.39, 0.29) is 22.4 Å². The third-order valence-corrected chi connectivity index (χ3v) is 4.16. The van der Waals surface area contributed by atoms with Crippen LogP contribution >= 0.6 is 11.6 Å². The molecule has 0 amide bonds. The Kier molecular flexibility index (Phi) is 4.75. The standard InChI is InChI=1S/C13H11ClN4O2S/c14-11-9-10(3-1-6-15)4-5-12(11)21(19,20)18-13-16-7-2-8-17-13/h2,4-5,7-9H,6,15H2,(H,16,17,18). The number of rotatable bonds is 3. The zero-order valence-corrected chi connectivity index (χ0v) is 12.3. The van der Waals surface area contributed by atoms with Gasteiger partial charge in [0.05, 0.1) is 11.6 Å². The molecule has 0 fully saturated rings. The van der Waals surface area contributed by atoms with Gasteiger partial charge in [-0.15, -0.1) is 0 Å². The predicted molar refractivity (Wildman–Crippen MR) is 80.2 cm³/mol. The molecule has 3 N–H and O–H groups in total. The summed E-state index contributed by atoms with van der Waals surface area (Å²) in [6.45, 7) is 0.213. The summed E-state index contributed by atoms with van der Waals surface area (Å²) < 4.78 is 26.7. The van der Waals surface area contributed by atoms with Crippen molar-refractivity contribution in [2.24, 2.45) is 5.73 Å². The van der Waals surface area contributed by atoms with Crippen LogP contribution in [0.3, 0.4) is 0 Å². The molecule has 0 aliphatic rings. The Morgan fingerprint density at radius 3 is 2.62 bits per heavy atom. The zero-order valence-electron chi connectivity index (χ0n) is 10.7. The monoisotopic (exact) mass is 322 g/mol. The van der Waals surface area contributed by atoms with E-state index in [1.54, 1.807) is 12.1 Å². The molecule has 0 aliphatic carbocycles. The van der Waals surface area contributed by atoms with E-state index in [1.807, 2.05) is 0 Å². The molecule has 0 saturated carbocycles. The molecular weight excluding hydrogens is 312 g/mol. The molecule has 0 aliphatic heterocycles. The van der Waals surface area contributed by atoms with Gasteiger partial charge in [-0.2, -0.15) is 0 Å². The normalized spacial score (nSPS) is 10.6. The van der Waals surface area contributed by atoms with Crippen LogP contribution in [0.4, 0.5) is 5.95 Å². The fourth-order valence-electron chi connectivity index (χ4n) is 1.48. The van der Waals surface area contributed by atoms with Crippen molar-refractivity contribution in [3.05, 3.63) is 47.2 Å². The highest BCUT2D eigenvalue weighted by atomic mass is 35.5. The van der Waals surface area contributed by atoms with Crippen LogP contribution < -0.4 is 10.5 Å². The van der Waals surface area contributed by atoms with Crippen molar-refractivity contribution in [2.75, 3.05) is 11.3 Å². The zero-order chi connectivity index (χ0) is 15.3. The van der Waals surface area contributed by atoms with E-state index in [1.165, 1.54) is 24.5 Å². The highest BCUT2D eigenvalue weighted by Crippen LogP contribution is 2.23. The largest absolute Gasteiger partial charge is 0.320 e. The van der Waals surface area contributed by atoms with Crippen LogP contribution in [0.2, 0.25) is 5.02 Å². The molecule has 1 aromatic carbocycles. The van der Waals surface area contributed by atoms with Crippen LogP contribution in [0.25, 0.3) is 0 Å². The first-order valence-corrected chi connectivity index (χ1v) is 7.67. The van der Waals surface area contributed by atoms with E-state index in [2.05, 4.69) is 26.5 Å². The number of nitrogens with zero attached hydrogens (tertiary/aromatic N) is 2. The summed E-state index contributed by atoms with van der Waals surface area (Å²) in [4.78, 5) is 7.52. The molecule has 0 bridgehead atoms. The van der Waals surface area contributed by atoms with Crippen molar-refractivity contribution >= 4 is 27.6 Å². The molecule has 0 atom stereocenters. The van der Waals surface area contributed by atoms with Crippen LogP contribution in [0.5, 0.6) is 0 Å². The van der Waals surface area contributed by atoms with Gasteiger partial charge in [0.25, 0.3) is 10.0 Å². The maximum Gasteiger partial charge on any atom is 0.265 e. The number of halogens is 1. The molecule has 8 heteroatoms. The molecule has 1 heterocycles. The van der Waals surface area contributed by atoms with Crippen molar-refractivity contribution in [3.8, 4) is 11.8 Å². The Bertz CT molecular complexity index is 798. The van der Waals surface area contributed by atoms with Crippen molar-refractivity contribution < 1.29 is 8.42 Å². The van der Waals surface area contributed by atoms with Crippen LogP contribution in [0.15, 0.2) is 41.6 Å². The molecule has 108 valence electrons. The highest BCUT2D eigenvalue weighted by Gasteiger charge is 2.19. The molecule has 6 nitrogen and oxygen atoms in total. The summed E-state index contributed by atoms with van der Waals surface area (Å²) in [5.41, 5.74) is 5.86. The lowest BCUT2D eigenvalue weighted by Gasteiger charge is -2.08. The predicted octanol–water partition coefficient (Wildman–Crippen LogP) is 1.24. The summed E-state index contributed by atoms with van der Waals surface area (Å²) in [6, 6.07) is 5.96. The minimum absolute atomic E-state index is 0.0273. The summed E-state index contributed by atoms with van der Waals surface area (Å²) in [5.74, 6) is 5.41. The number of nitrogens with one attached hydrogen (secondary N) is 1. The van der Waals surface area contributed by atoms with Gasteiger partial charge in [0.2, 0.25) is 5.95 Å². The first-order chi connectivity index (χ1) is 10.0. The number of anilines is 1. The van der Waals surface area contributed by atoms with Crippen molar-refractivity contribution in [2.45, 2.75) is 4.90 Å². The average Bonchev–Trinajstić information content (AvgIpc) is 2.45. The second-order valence-electron chi connectivity index (χ2n) is 3.83. The molecule has 2 aromatic rings. The lowest BCUT2D eigenvalue weighted by Crippen LogP contribution is -2.15. The minimum Gasteiger partial charge on any atom is -0.320 e. The molecule has 1 aromatic heterocycles. The third kappa shape index (κ3) is 3.92. The van der Waals surface area contributed by atoms with Crippen molar-refractivity contribution in [1.82, 2.24) is 9.97 Å². The molecule has 0 radical (unpaired) electrons. The van der Waals surface area contributed by atoms with Gasteiger partial charge in [0.1, 0.15) is 4.90 Å². The van der Waals surface area contributed by atoms with Gasteiger partial charge in [-0.25, -0.2) is 23.1 Å². The lowest BCUT2D eigenvalue weighted by molar-refractivity contribution is 0.601. The topological polar surface area (TPSA) is 98.0 Å². The van der Waals surface area contributed by atoms with Gasteiger partial charge >= 0.3 is 0 Å². The second-order valence-corrected chi connectivity index (χ2v) is 5.89. The number of aromatic nitrogens is 2. The molecule has 2 rings (SSSR count). The first kappa shape index (κ1) is 15.3. The van der Waals surface area contributed by atoms with Crippen LogP contribution in [0.1, 0.15) is 5.56 Å². The first-order valence-electron chi connectivity index (χ1n) is 5.81. The van der Waals surface area contributed by atoms with Crippen LogP contribution in [-0.2, 0) is 10.0 Å². The Morgan fingerprint density at radius 2 is 2.00 bits per heavy atom. The molecule has 0 unspecified atom stereocenters. The molecule has 21 heavy (non-hydrogen) atoms. The molecule has 0 saturated heterocycles. The Balaban J connectivity index is 2.32. The summed E-state index contributed by atoms with van der Waals surface area (Å²) >= 11 is 6.00. The van der Waals surface area contributed by atoms with Gasteiger partial charge < -0.3 is 5.73 Å². The van der Waals surface area contributed by atoms with Crippen LogP contribution in [0, 0.1) is 11.8 Å². The quantitative estimate of drug-likeness (QED) is 0.828. The maximum absolute atomic E-state index is 12.2. The minimum atomic E-state index is -3.86. The van der Waals surface area contributed by atoms with E-state index in [4.69, 9.17) is 17.3 Å². The van der Waals surface area contributed by atoms with Gasteiger partial charge in [-0.3, -0.25) is 0 Å². The van der Waals surface area contributed by atoms with Gasteiger partial charge in [0.15, 0.2) is 0 Å². The van der Waals surface area contributed by atoms with E-state index >= 15 is 0 Å². The summed E-state index contributed by atoms with van der Waals surface area (Å²) in [5, 5.41) is 0.0576. The average molecular weight is 323 g/mol. The lowest BCUT2D eigenvalue weighted by atomic mass is 10.2. The van der Waals surface area contributed by atoms with Crippen molar-refractivity contribution in [1.29, 1.82) is 0 Å². The number of hydrogen-bond acceptors (Lipinski definition) is 5. The van der Waals surface area contributed by atoms with Crippen LogP contribution in [-0.4, -0.2) is 24.9 Å². The fraction of sp³-hybridized carbons (Fsp3) is 0.0769. The van der Waals surface area contributed by atoms with E-state index in [0.717, 1.165) is 0 Å². The Labute approximate surface area is 127 Å². The van der Waals surface area contributed by atoms with Crippen molar-refractivity contribution in [3.63, 3.8) is 0 Å². The summed E-state index contributed by atoms with van der Waals surface area (Å²) in [7, 11) is -3.86. The van der Waals surface area contributed by atoms with Gasteiger partial charge in [-0.05, 0) is 24.3 Å². The number of nitrogens with two attached hydrogens (primary N) is 1. The second kappa shape index (κ2) is 6.54. The number of sulfonamides is 1. The SMILES string of the molecule is NCC#Cc1ccc(S(=O)(=O)Nc2ncccn2)c(Cl)c1. The molecular formula is C13H11ClN4O2S. The fourth-order valence-corrected chi connectivity index (χ4v) is 2.98. The number of benzene rings is 1. The van der Waals surface area contributed by atoms with Gasteiger partial charge in [-0.1, -0.05) is 23.4 Å². The molecule has 0 spiro atoms. The smallest absolute Gasteiger partial charge is 0.265 e.